The lowest BCUT2D eigenvalue weighted by atomic mass is 9.79. The van der Waals surface area contributed by atoms with Crippen LogP contribution in [0.1, 0.15) is 67.7 Å². The Morgan fingerprint density at radius 1 is 1.18 bits per heavy atom. The third-order valence-electron chi connectivity index (χ3n) is 3.32. The Balaban J connectivity index is 4.95. The van der Waals surface area contributed by atoms with Crippen molar-refractivity contribution in [1.29, 1.82) is 0 Å². The molecule has 0 aliphatic heterocycles. The van der Waals surface area contributed by atoms with Crippen LogP contribution in [0.4, 0.5) is 0 Å². The molecule has 0 aromatic heterocycles. The first-order valence-corrected chi connectivity index (χ1v) is 7.15. The van der Waals surface area contributed by atoms with Gasteiger partial charge in [-0.3, -0.25) is 0 Å². The molecule has 2 unspecified atom stereocenters. The molecule has 0 aromatic carbocycles. The summed E-state index contributed by atoms with van der Waals surface area (Å²) in [5.74, 6) is 1.24. The molecule has 0 aromatic rings. The van der Waals surface area contributed by atoms with E-state index in [1.807, 2.05) is 0 Å². The van der Waals surface area contributed by atoms with Crippen molar-refractivity contribution in [3.8, 4) is 0 Å². The summed E-state index contributed by atoms with van der Waals surface area (Å²) < 4.78 is 0. The first kappa shape index (κ1) is 16.7. The normalized spacial score (nSPS) is 17.4. The summed E-state index contributed by atoms with van der Waals surface area (Å²) in [5.41, 5.74) is 7.98. The third kappa shape index (κ3) is 6.88. The fraction of sp³-hybridized carbons (Fsp3) is 0.875. The lowest BCUT2D eigenvalue weighted by Crippen LogP contribution is -2.27. The van der Waals surface area contributed by atoms with Crippen molar-refractivity contribution < 1.29 is 0 Å². The summed E-state index contributed by atoms with van der Waals surface area (Å²) in [5, 5.41) is 0. The molecule has 0 rings (SSSR count). The second-order valence-corrected chi connectivity index (χ2v) is 6.84. The minimum Gasteiger partial charge on any atom is -0.327 e. The molecule has 2 atom stereocenters. The van der Waals surface area contributed by atoms with Gasteiger partial charge in [-0.1, -0.05) is 59.6 Å². The van der Waals surface area contributed by atoms with E-state index < -0.39 is 0 Å². The first-order valence-electron chi connectivity index (χ1n) is 7.15. The molecule has 0 saturated carbocycles. The van der Waals surface area contributed by atoms with Gasteiger partial charge in [0, 0.05) is 6.04 Å². The molecule has 0 aliphatic carbocycles. The van der Waals surface area contributed by atoms with E-state index in [-0.39, 0.29) is 11.5 Å². The Kier molecular flexibility index (Phi) is 7.08. The maximum Gasteiger partial charge on any atom is 0.00735 e. The molecular formula is C16H33N. The van der Waals surface area contributed by atoms with Crippen LogP contribution in [0.2, 0.25) is 0 Å². The molecule has 0 aliphatic rings. The van der Waals surface area contributed by atoms with Gasteiger partial charge in [0.1, 0.15) is 0 Å². The van der Waals surface area contributed by atoms with Gasteiger partial charge in [-0.05, 0) is 37.0 Å². The molecule has 0 fully saturated rings. The molecule has 0 heterocycles. The van der Waals surface area contributed by atoms with Gasteiger partial charge in [0.05, 0.1) is 0 Å². The highest BCUT2D eigenvalue weighted by Gasteiger charge is 2.20. The highest BCUT2D eigenvalue weighted by Crippen LogP contribution is 2.31. The van der Waals surface area contributed by atoms with E-state index in [0.29, 0.717) is 11.8 Å². The van der Waals surface area contributed by atoms with Gasteiger partial charge in [-0.15, -0.1) is 0 Å². The van der Waals surface area contributed by atoms with Crippen LogP contribution in [0.5, 0.6) is 0 Å². The Morgan fingerprint density at radius 3 is 2.00 bits per heavy atom. The molecule has 0 saturated heterocycles. The van der Waals surface area contributed by atoms with E-state index in [2.05, 4.69) is 54.5 Å². The van der Waals surface area contributed by atoms with Gasteiger partial charge in [-0.2, -0.15) is 0 Å². The van der Waals surface area contributed by atoms with Crippen molar-refractivity contribution in [2.24, 2.45) is 23.0 Å². The van der Waals surface area contributed by atoms with Crippen LogP contribution in [-0.2, 0) is 0 Å². The highest BCUT2D eigenvalue weighted by atomic mass is 14.6. The van der Waals surface area contributed by atoms with Gasteiger partial charge < -0.3 is 5.73 Å². The standard InChI is InChI=1S/C16H33N/c1-8-9-15(16(5,6)7)11-14(13(4)17)10-12(2)3/h11-14H,8-10,17H2,1-7H3/b15-11+. The lowest BCUT2D eigenvalue weighted by molar-refractivity contribution is 0.406. The maximum absolute atomic E-state index is 6.13. The van der Waals surface area contributed by atoms with Crippen LogP contribution in [0.15, 0.2) is 11.6 Å². The van der Waals surface area contributed by atoms with E-state index in [9.17, 15) is 0 Å². The number of rotatable bonds is 6. The van der Waals surface area contributed by atoms with Crippen molar-refractivity contribution in [3.63, 3.8) is 0 Å². The predicted octanol–water partition coefficient (Wildman–Crippen LogP) is 4.77. The molecule has 0 radical (unpaired) electrons. The summed E-state index contributed by atoms with van der Waals surface area (Å²) in [7, 11) is 0. The summed E-state index contributed by atoms with van der Waals surface area (Å²) in [6, 6.07) is 0.256. The molecule has 2 N–H and O–H groups in total. The summed E-state index contributed by atoms with van der Waals surface area (Å²) in [4.78, 5) is 0. The maximum atomic E-state index is 6.13. The number of hydrogen-bond donors (Lipinski definition) is 1. The smallest absolute Gasteiger partial charge is 0.00735 e. The van der Waals surface area contributed by atoms with Gasteiger partial charge in [0.2, 0.25) is 0 Å². The predicted molar refractivity (Wildman–Crippen MR) is 79.0 cm³/mol. The van der Waals surface area contributed by atoms with Crippen LogP contribution < -0.4 is 5.73 Å². The lowest BCUT2D eigenvalue weighted by Gasteiger charge is -2.27. The fourth-order valence-electron chi connectivity index (χ4n) is 2.21. The number of hydrogen-bond acceptors (Lipinski definition) is 1. The zero-order valence-electron chi connectivity index (χ0n) is 13.0. The van der Waals surface area contributed by atoms with Crippen molar-refractivity contribution >= 4 is 0 Å². The van der Waals surface area contributed by atoms with E-state index in [1.165, 1.54) is 19.3 Å². The van der Waals surface area contributed by atoms with Crippen LogP contribution >= 0.6 is 0 Å². The van der Waals surface area contributed by atoms with Crippen LogP contribution in [0.25, 0.3) is 0 Å². The van der Waals surface area contributed by atoms with Gasteiger partial charge in [-0.25, -0.2) is 0 Å². The van der Waals surface area contributed by atoms with Crippen molar-refractivity contribution in [2.75, 3.05) is 0 Å². The first-order chi connectivity index (χ1) is 7.68. The Bertz CT molecular complexity index is 230. The average Bonchev–Trinajstić information content (AvgIpc) is 2.13. The van der Waals surface area contributed by atoms with Crippen LogP contribution in [-0.4, -0.2) is 6.04 Å². The third-order valence-corrected chi connectivity index (χ3v) is 3.32. The zero-order valence-corrected chi connectivity index (χ0v) is 13.0. The minimum atomic E-state index is 0.256. The average molecular weight is 239 g/mol. The van der Waals surface area contributed by atoms with Crippen LogP contribution in [0, 0.1) is 17.3 Å². The van der Waals surface area contributed by atoms with E-state index in [0.717, 1.165) is 0 Å². The quantitative estimate of drug-likeness (QED) is 0.664. The van der Waals surface area contributed by atoms with Gasteiger partial charge in [0.15, 0.2) is 0 Å². The Hall–Kier alpha value is -0.300. The van der Waals surface area contributed by atoms with E-state index in [1.54, 1.807) is 5.57 Å². The van der Waals surface area contributed by atoms with Crippen LogP contribution in [0.3, 0.4) is 0 Å². The Labute approximate surface area is 109 Å². The van der Waals surface area contributed by atoms with Crippen molar-refractivity contribution in [1.82, 2.24) is 0 Å². The largest absolute Gasteiger partial charge is 0.327 e. The van der Waals surface area contributed by atoms with Gasteiger partial charge >= 0.3 is 0 Å². The molecule has 1 nitrogen and oxygen atoms in total. The second-order valence-electron chi connectivity index (χ2n) is 6.84. The molecular weight excluding hydrogens is 206 g/mol. The summed E-state index contributed by atoms with van der Waals surface area (Å²) >= 11 is 0. The monoisotopic (exact) mass is 239 g/mol. The SMILES string of the molecule is CCC/C(=C\C(CC(C)C)C(C)N)C(C)(C)C. The summed E-state index contributed by atoms with van der Waals surface area (Å²) in [6.45, 7) is 15.9. The van der Waals surface area contributed by atoms with Crippen molar-refractivity contribution in [2.45, 2.75) is 73.8 Å². The zero-order chi connectivity index (χ0) is 13.6. The molecule has 0 amide bonds. The minimum absolute atomic E-state index is 0.256. The second kappa shape index (κ2) is 7.20. The van der Waals surface area contributed by atoms with Gasteiger partial charge in [0.25, 0.3) is 0 Å². The number of nitrogens with two attached hydrogens (primary N) is 1. The van der Waals surface area contributed by atoms with Crippen molar-refractivity contribution in [3.05, 3.63) is 11.6 Å². The molecule has 102 valence electrons. The number of allylic oxidation sites excluding steroid dienone is 1. The topological polar surface area (TPSA) is 26.0 Å². The summed E-state index contributed by atoms with van der Waals surface area (Å²) in [6.07, 6.45) is 6.08. The molecule has 0 bridgehead atoms. The van der Waals surface area contributed by atoms with E-state index >= 15 is 0 Å². The fourth-order valence-corrected chi connectivity index (χ4v) is 2.21. The Morgan fingerprint density at radius 2 is 1.71 bits per heavy atom. The molecule has 0 spiro atoms. The van der Waals surface area contributed by atoms with E-state index in [4.69, 9.17) is 5.73 Å². The highest BCUT2D eigenvalue weighted by molar-refractivity contribution is 5.13. The molecule has 1 heteroatoms. The molecule has 17 heavy (non-hydrogen) atoms.